The fraction of sp³-hybridized carbons (Fsp3) is 0. The van der Waals surface area contributed by atoms with Crippen LogP contribution in [0.3, 0.4) is 0 Å². The summed E-state index contributed by atoms with van der Waals surface area (Å²) in [6, 6.07) is 53.9. The molecule has 0 bridgehead atoms. The van der Waals surface area contributed by atoms with Crippen LogP contribution in [0.15, 0.2) is 152 Å². The Morgan fingerprint density at radius 2 is 0.705 bits per heavy atom. The first-order valence-electron chi connectivity index (χ1n) is 15.1. The first-order valence-corrected chi connectivity index (χ1v) is 16.8. The van der Waals surface area contributed by atoms with Crippen LogP contribution in [-0.4, -0.2) is 0 Å². The van der Waals surface area contributed by atoms with Gasteiger partial charge in [0.05, 0.1) is 0 Å². The van der Waals surface area contributed by atoms with Crippen molar-refractivity contribution < 1.29 is 4.57 Å². The molecular weight excluding hydrogens is 551 g/mol. The number of fused-ring (bicyclic) bond motifs is 1. The third kappa shape index (κ3) is 3.12. The van der Waals surface area contributed by atoms with Gasteiger partial charge in [-0.2, -0.15) is 0 Å². The zero-order chi connectivity index (χ0) is 29.0. The van der Waals surface area contributed by atoms with E-state index in [1.165, 1.54) is 53.9 Å². The summed E-state index contributed by atoms with van der Waals surface area (Å²) >= 11 is 0. The van der Waals surface area contributed by atoms with E-state index in [1.54, 1.807) is 0 Å². The van der Waals surface area contributed by atoms with Gasteiger partial charge in [-0.1, -0.05) is 133 Å². The van der Waals surface area contributed by atoms with Crippen LogP contribution in [0.25, 0.3) is 75.4 Å². The molecule has 10 aromatic rings. The summed E-state index contributed by atoms with van der Waals surface area (Å²) in [5.74, 6) is 0. The maximum Gasteiger partial charge on any atom is 0.172 e. The van der Waals surface area contributed by atoms with Crippen molar-refractivity contribution in [2.45, 2.75) is 0 Å². The van der Waals surface area contributed by atoms with Crippen LogP contribution in [0.5, 0.6) is 0 Å². The van der Waals surface area contributed by atoms with E-state index < -0.39 is 7.14 Å². The molecule has 0 saturated heterocycles. The van der Waals surface area contributed by atoms with E-state index in [4.69, 9.17) is 0 Å². The minimum atomic E-state index is -3.40. The predicted molar refractivity (Wildman–Crippen MR) is 191 cm³/mol. The minimum Gasteiger partial charge on any atom is -0.309 e. The molecule has 2 heteroatoms. The lowest BCUT2D eigenvalue weighted by molar-refractivity contribution is 0.593. The van der Waals surface area contributed by atoms with Crippen LogP contribution < -0.4 is 15.9 Å². The minimum absolute atomic E-state index is 0.862. The monoisotopic (exact) mass is 576 g/mol. The van der Waals surface area contributed by atoms with Crippen LogP contribution >= 0.6 is 7.14 Å². The largest absolute Gasteiger partial charge is 0.309 e. The molecule has 1 nitrogen and oxygen atoms in total. The highest BCUT2D eigenvalue weighted by atomic mass is 31.2. The first-order chi connectivity index (χ1) is 21.7. The zero-order valence-corrected chi connectivity index (χ0v) is 24.7. The molecule has 0 unspecified atom stereocenters. The molecule has 0 aromatic heterocycles. The molecule has 0 spiro atoms. The van der Waals surface area contributed by atoms with Crippen molar-refractivity contribution in [1.29, 1.82) is 0 Å². The van der Waals surface area contributed by atoms with Crippen molar-refractivity contribution in [1.82, 2.24) is 0 Å². The van der Waals surface area contributed by atoms with Crippen molar-refractivity contribution >= 4 is 98.5 Å². The van der Waals surface area contributed by atoms with Crippen LogP contribution in [0.4, 0.5) is 0 Å². The molecule has 0 aliphatic rings. The van der Waals surface area contributed by atoms with E-state index in [2.05, 4.69) is 152 Å². The van der Waals surface area contributed by atoms with E-state index in [-0.39, 0.29) is 0 Å². The molecule has 0 amide bonds. The highest BCUT2D eigenvalue weighted by molar-refractivity contribution is 7.86. The third-order valence-electron chi connectivity index (χ3n) is 9.79. The predicted octanol–water partition coefficient (Wildman–Crippen LogP) is 10.3. The fourth-order valence-electron chi connectivity index (χ4n) is 7.77. The Bertz CT molecular complexity index is 2630. The third-order valence-corrected chi connectivity index (χ3v) is 12.9. The van der Waals surface area contributed by atoms with Crippen LogP contribution in [-0.2, 0) is 4.57 Å². The van der Waals surface area contributed by atoms with E-state index in [0.717, 1.165) is 37.5 Å². The molecule has 10 aromatic carbocycles. The standard InChI is InChI=1S/C42H25OP/c43-44(34-20-15-26-5-1-2-6-33(26)25-34,37-23-18-31-13-11-27-7-3-9-29-16-21-35(37)41(31)39(27)29)38-24-19-32-14-12-28-8-4-10-30-17-22-36(38)42(32)40(28)30/h1-25H. The average molecular weight is 577 g/mol. The van der Waals surface area contributed by atoms with Crippen LogP contribution in [0.2, 0.25) is 0 Å². The molecule has 0 radical (unpaired) electrons. The molecule has 0 N–H and O–H groups in total. The van der Waals surface area contributed by atoms with Crippen LogP contribution in [0.1, 0.15) is 0 Å². The molecule has 0 aliphatic heterocycles. The Morgan fingerprint density at radius 1 is 0.318 bits per heavy atom. The second-order valence-corrected chi connectivity index (χ2v) is 14.7. The van der Waals surface area contributed by atoms with Gasteiger partial charge in [0.2, 0.25) is 0 Å². The van der Waals surface area contributed by atoms with Gasteiger partial charge >= 0.3 is 0 Å². The molecule has 0 fully saturated rings. The van der Waals surface area contributed by atoms with E-state index in [9.17, 15) is 0 Å². The molecule has 0 aliphatic carbocycles. The zero-order valence-electron chi connectivity index (χ0n) is 23.8. The highest BCUT2D eigenvalue weighted by Crippen LogP contribution is 2.49. The Hall–Kier alpha value is -5.23. The second kappa shape index (κ2) is 8.66. The molecular formula is C42H25OP. The molecule has 10 rings (SSSR count). The van der Waals surface area contributed by atoms with Gasteiger partial charge in [0, 0.05) is 15.9 Å². The van der Waals surface area contributed by atoms with Gasteiger partial charge in [0.1, 0.15) is 0 Å². The molecule has 204 valence electrons. The van der Waals surface area contributed by atoms with Gasteiger partial charge in [0.25, 0.3) is 0 Å². The lowest BCUT2D eigenvalue weighted by atomic mass is 9.94. The summed E-state index contributed by atoms with van der Waals surface area (Å²) < 4.78 is 16.6. The van der Waals surface area contributed by atoms with Crippen molar-refractivity contribution in [3.63, 3.8) is 0 Å². The maximum absolute atomic E-state index is 16.6. The Morgan fingerprint density at radius 3 is 1.23 bits per heavy atom. The Labute approximate surface area is 254 Å². The van der Waals surface area contributed by atoms with Crippen molar-refractivity contribution in [2.24, 2.45) is 0 Å². The van der Waals surface area contributed by atoms with E-state index in [1.807, 2.05) is 0 Å². The second-order valence-electron chi connectivity index (χ2n) is 12.0. The van der Waals surface area contributed by atoms with Crippen molar-refractivity contribution in [3.8, 4) is 0 Å². The maximum atomic E-state index is 16.6. The lowest BCUT2D eigenvalue weighted by Crippen LogP contribution is -2.26. The summed E-state index contributed by atoms with van der Waals surface area (Å²) in [5, 5.41) is 19.1. The Balaban J connectivity index is 1.39. The summed E-state index contributed by atoms with van der Waals surface area (Å²) in [7, 11) is -3.40. The number of benzene rings is 10. The van der Waals surface area contributed by atoms with Gasteiger partial charge in [0.15, 0.2) is 7.14 Å². The molecule has 0 saturated carbocycles. The normalized spacial score (nSPS) is 12.6. The van der Waals surface area contributed by atoms with Gasteiger partial charge in [-0.15, -0.1) is 0 Å². The number of rotatable bonds is 3. The van der Waals surface area contributed by atoms with E-state index >= 15 is 4.57 Å². The summed E-state index contributed by atoms with van der Waals surface area (Å²) in [5.41, 5.74) is 0. The molecule has 44 heavy (non-hydrogen) atoms. The van der Waals surface area contributed by atoms with Crippen LogP contribution in [0, 0.1) is 0 Å². The number of hydrogen-bond donors (Lipinski definition) is 0. The topological polar surface area (TPSA) is 17.1 Å². The van der Waals surface area contributed by atoms with Gasteiger partial charge in [-0.05, 0) is 93.6 Å². The quantitative estimate of drug-likeness (QED) is 0.151. The summed E-state index contributed by atoms with van der Waals surface area (Å²) in [4.78, 5) is 0. The first kappa shape index (κ1) is 24.2. The highest BCUT2D eigenvalue weighted by Gasteiger charge is 2.34. The Kier molecular flexibility index (Phi) is 4.77. The van der Waals surface area contributed by atoms with Crippen molar-refractivity contribution in [2.75, 3.05) is 0 Å². The lowest BCUT2D eigenvalue weighted by Gasteiger charge is -2.25. The van der Waals surface area contributed by atoms with Gasteiger partial charge in [-0.25, -0.2) is 0 Å². The van der Waals surface area contributed by atoms with Crippen molar-refractivity contribution in [3.05, 3.63) is 152 Å². The summed E-state index contributed by atoms with van der Waals surface area (Å²) in [6.45, 7) is 0. The summed E-state index contributed by atoms with van der Waals surface area (Å²) in [6.07, 6.45) is 0. The van der Waals surface area contributed by atoms with Gasteiger partial charge in [-0.3, -0.25) is 0 Å². The van der Waals surface area contributed by atoms with Gasteiger partial charge < -0.3 is 4.57 Å². The fourth-order valence-corrected chi connectivity index (χ4v) is 10.8. The smallest absolute Gasteiger partial charge is 0.172 e. The SMILES string of the molecule is O=P(c1ccc2ccccc2c1)(c1ccc2ccc3cccc4ccc1c2c34)c1ccc2ccc3cccc4ccc1c2c34. The molecule has 0 atom stereocenters. The average Bonchev–Trinajstić information content (AvgIpc) is 3.09. The number of hydrogen-bond acceptors (Lipinski definition) is 1. The molecule has 0 heterocycles. The van der Waals surface area contributed by atoms with E-state index in [0.29, 0.717) is 0 Å².